The van der Waals surface area contributed by atoms with E-state index in [1.54, 1.807) is 6.20 Å². The topological polar surface area (TPSA) is 58.9 Å². The van der Waals surface area contributed by atoms with Gasteiger partial charge in [-0.2, -0.15) is 5.10 Å². The highest BCUT2D eigenvalue weighted by molar-refractivity contribution is 5.95. The largest absolute Gasteiger partial charge is 0.352 e. The van der Waals surface area contributed by atoms with Crippen LogP contribution in [0.1, 0.15) is 47.8 Å². The Morgan fingerprint density at radius 2 is 1.88 bits per heavy atom. The van der Waals surface area contributed by atoms with Gasteiger partial charge in [-0.25, -0.2) is 4.68 Å². The van der Waals surface area contributed by atoms with Crippen LogP contribution in [0.2, 0.25) is 0 Å². The number of benzene rings is 1. The quantitative estimate of drug-likeness (QED) is 0.754. The molecule has 0 aliphatic heterocycles. The molecule has 0 fully saturated rings. The number of nitrogens with one attached hydrogen (secondary N) is 2. The van der Waals surface area contributed by atoms with Crippen molar-refractivity contribution >= 4 is 18.3 Å². The van der Waals surface area contributed by atoms with E-state index >= 15 is 0 Å². The number of rotatable bonds is 7. The van der Waals surface area contributed by atoms with Gasteiger partial charge in [0.2, 0.25) is 0 Å². The average Bonchev–Trinajstić information content (AvgIpc) is 2.97. The second-order valence-corrected chi connectivity index (χ2v) is 6.06. The van der Waals surface area contributed by atoms with E-state index < -0.39 is 0 Å². The maximum atomic E-state index is 12.4. The highest BCUT2D eigenvalue weighted by atomic mass is 35.5. The van der Waals surface area contributed by atoms with Crippen LogP contribution in [0.4, 0.5) is 0 Å². The van der Waals surface area contributed by atoms with Crippen LogP contribution in [-0.4, -0.2) is 35.8 Å². The van der Waals surface area contributed by atoms with Gasteiger partial charge in [0.05, 0.1) is 23.1 Å². The normalized spacial score (nSPS) is 10.5. The number of hydrogen-bond acceptors (Lipinski definition) is 3. The van der Waals surface area contributed by atoms with Crippen LogP contribution in [0.5, 0.6) is 0 Å². The summed E-state index contributed by atoms with van der Waals surface area (Å²) >= 11 is 0. The first-order chi connectivity index (χ1) is 11.0. The predicted molar refractivity (Wildman–Crippen MR) is 101 cm³/mol. The van der Waals surface area contributed by atoms with Gasteiger partial charge in [0.15, 0.2) is 0 Å². The van der Waals surface area contributed by atoms with Crippen molar-refractivity contribution < 1.29 is 4.79 Å². The molecule has 0 unspecified atom stereocenters. The highest BCUT2D eigenvalue weighted by Crippen LogP contribution is 2.23. The minimum Gasteiger partial charge on any atom is -0.352 e. The standard InChI is InChI=1S/C18H26N4O.ClH/c1-13(2)17-16(18(23)20-11-5-10-19-4)12-21-22(17)15-8-6-14(3)7-9-15;/h6-9,12-13,19H,5,10-11H2,1-4H3,(H,20,23);1H. The molecule has 0 spiro atoms. The Morgan fingerprint density at radius 1 is 1.21 bits per heavy atom. The van der Waals surface area contributed by atoms with Crippen LogP contribution in [0.25, 0.3) is 5.69 Å². The first kappa shape index (κ1) is 20.2. The van der Waals surface area contributed by atoms with Gasteiger partial charge in [-0.15, -0.1) is 12.4 Å². The molecular formula is C18H27ClN4O. The predicted octanol–water partition coefficient (Wildman–Crippen LogP) is 3.07. The fraction of sp³-hybridized carbons (Fsp3) is 0.444. The summed E-state index contributed by atoms with van der Waals surface area (Å²) in [5, 5.41) is 10.5. The molecule has 1 heterocycles. The number of carbonyl (C=O) groups excluding carboxylic acids is 1. The van der Waals surface area contributed by atoms with Crippen LogP contribution in [0.3, 0.4) is 0 Å². The monoisotopic (exact) mass is 350 g/mol. The molecule has 0 saturated carbocycles. The molecule has 2 N–H and O–H groups in total. The fourth-order valence-corrected chi connectivity index (χ4v) is 2.54. The van der Waals surface area contributed by atoms with Gasteiger partial charge in [-0.1, -0.05) is 31.5 Å². The molecule has 0 bridgehead atoms. The van der Waals surface area contributed by atoms with E-state index in [4.69, 9.17) is 0 Å². The highest BCUT2D eigenvalue weighted by Gasteiger charge is 2.20. The minimum absolute atomic E-state index is 0. The first-order valence-electron chi connectivity index (χ1n) is 8.12. The Hall–Kier alpha value is -1.85. The summed E-state index contributed by atoms with van der Waals surface area (Å²) < 4.78 is 1.87. The van der Waals surface area contributed by atoms with Crippen LogP contribution in [0.15, 0.2) is 30.5 Å². The summed E-state index contributed by atoms with van der Waals surface area (Å²) in [5.41, 5.74) is 3.79. The SMILES string of the molecule is CNCCCNC(=O)c1cnn(-c2ccc(C)cc2)c1C(C)C.Cl. The van der Waals surface area contributed by atoms with Crippen LogP contribution < -0.4 is 10.6 Å². The van der Waals surface area contributed by atoms with Gasteiger partial charge in [-0.05, 0) is 45.0 Å². The molecule has 0 radical (unpaired) electrons. The first-order valence-corrected chi connectivity index (χ1v) is 8.12. The van der Waals surface area contributed by atoms with Gasteiger partial charge in [-0.3, -0.25) is 4.79 Å². The molecule has 1 aromatic carbocycles. The van der Waals surface area contributed by atoms with Crippen LogP contribution in [-0.2, 0) is 0 Å². The van der Waals surface area contributed by atoms with Crippen molar-refractivity contribution in [2.45, 2.75) is 33.1 Å². The molecular weight excluding hydrogens is 324 g/mol. The van der Waals surface area contributed by atoms with Crippen molar-refractivity contribution in [2.75, 3.05) is 20.1 Å². The lowest BCUT2D eigenvalue weighted by Gasteiger charge is -2.13. The van der Waals surface area contributed by atoms with Gasteiger partial charge in [0, 0.05) is 6.54 Å². The van der Waals surface area contributed by atoms with E-state index in [1.165, 1.54) is 5.56 Å². The van der Waals surface area contributed by atoms with E-state index in [0.29, 0.717) is 12.1 Å². The smallest absolute Gasteiger partial charge is 0.254 e. The maximum absolute atomic E-state index is 12.4. The van der Waals surface area contributed by atoms with Gasteiger partial charge >= 0.3 is 0 Å². The fourth-order valence-electron chi connectivity index (χ4n) is 2.54. The second-order valence-electron chi connectivity index (χ2n) is 6.06. The molecule has 0 aliphatic carbocycles. The maximum Gasteiger partial charge on any atom is 0.254 e. The third kappa shape index (κ3) is 4.82. The molecule has 24 heavy (non-hydrogen) atoms. The molecule has 0 saturated heterocycles. The number of halogens is 1. The van der Waals surface area contributed by atoms with Gasteiger partial charge in [0.25, 0.3) is 5.91 Å². The summed E-state index contributed by atoms with van der Waals surface area (Å²) in [6.07, 6.45) is 2.58. The summed E-state index contributed by atoms with van der Waals surface area (Å²) in [6.45, 7) is 7.77. The minimum atomic E-state index is -0.0526. The van der Waals surface area contributed by atoms with Crippen molar-refractivity contribution in [2.24, 2.45) is 0 Å². The van der Waals surface area contributed by atoms with Crippen molar-refractivity contribution in [3.8, 4) is 5.69 Å². The van der Waals surface area contributed by atoms with Crippen LogP contribution in [0, 0.1) is 6.92 Å². The molecule has 5 nitrogen and oxygen atoms in total. The Morgan fingerprint density at radius 3 is 2.46 bits per heavy atom. The lowest BCUT2D eigenvalue weighted by molar-refractivity contribution is 0.0952. The van der Waals surface area contributed by atoms with Crippen LogP contribution >= 0.6 is 12.4 Å². The number of hydrogen-bond donors (Lipinski definition) is 2. The van der Waals surface area contributed by atoms with Crippen molar-refractivity contribution in [1.82, 2.24) is 20.4 Å². The van der Waals surface area contributed by atoms with E-state index in [2.05, 4.69) is 48.6 Å². The lowest BCUT2D eigenvalue weighted by Crippen LogP contribution is -2.27. The number of amides is 1. The summed E-state index contributed by atoms with van der Waals surface area (Å²) in [7, 11) is 1.91. The molecule has 0 aliphatic rings. The van der Waals surface area contributed by atoms with Crippen molar-refractivity contribution in [1.29, 1.82) is 0 Å². The molecule has 2 rings (SSSR count). The van der Waals surface area contributed by atoms with Gasteiger partial charge < -0.3 is 10.6 Å². The number of carbonyl (C=O) groups is 1. The van der Waals surface area contributed by atoms with E-state index in [-0.39, 0.29) is 24.2 Å². The Labute approximate surface area is 150 Å². The molecule has 6 heteroatoms. The van der Waals surface area contributed by atoms with E-state index in [1.807, 2.05) is 23.9 Å². The Balaban J connectivity index is 0.00000288. The molecule has 132 valence electrons. The second kappa shape index (κ2) is 9.45. The third-order valence-electron chi connectivity index (χ3n) is 3.77. The summed E-state index contributed by atoms with van der Waals surface area (Å²) in [4.78, 5) is 12.4. The summed E-state index contributed by atoms with van der Waals surface area (Å²) in [5.74, 6) is 0.153. The zero-order valence-corrected chi connectivity index (χ0v) is 15.6. The van der Waals surface area contributed by atoms with Crippen molar-refractivity contribution in [3.05, 3.63) is 47.3 Å². The Kier molecular flexibility index (Phi) is 7.95. The average molecular weight is 351 g/mol. The molecule has 1 aromatic heterocycles. The lowest BCUT2D eigenvalue weighted by atomic mass is 10.0. The van der Waals surface area contributed by atoms with E-state index in [9.17, 15) is 4.79 Å². The molecule has 1 amide bonds. The summed E-state index contributed by atoms with van der Waals surface area (Å²) in [6, 6.07) is 8.17. The molecule has 2 aromatic rings. The molecule has 0 atom stereocenters. The number of nitrogens with zero attached hydrogens (tertiary/aromatic N) is 2. The zero-order valence-electron chi connectivity index (χ0n) is 14.8. The number of aromatic nitrogens is 2. The zero-order chi connectivity index (χ0) is 16.8. The van der Waals surface area contributed by atoms with Gasteiger partial charge in [0.1, 0.15) is 0 Å². The third-order valence-corrected chi connectivity index (χ3v) is 3.77. The van der Waals surface area contributed by atoms with Crippen molar-refractivity contribution in [3.63, 3.8) is 0 Å². The number of aryl methyl sites for hydroxylation is 1. The Bertz CT molecular complexity index is 650. The van der Waals surface area contributed by atoms with E-state index in [0.717, 1.165) is 24.3 Å².